The molecule has 2 aromatic rings. The van der Waals surface area contributed by atoms with Gasteiger partial charge in [-0.1, -0.05) is 31.0 Å². The van der Waals surface area contributed by atoms with Crippen LogP contribution in [0.25, 0.3) is 0 Å². The van der Waals surface area contributed by atoms with E-state index in [1.54, 1.807) is 28.6 Å². The van der Waals surface area contributed by atoms with Crippen molar-refractivity contribution in [2.45, 2.75) is 56.4 Å². The van der Waals surface area contributed by atoms with Gasteiger partial charge in [-0.15, -0.1) is 0 Å². The lowest BCUT2D eigenvalue weighted by molar-refractivity contribution is 0.101. The molecule has 3 aliphatic rings. The average Bonchev–Trinajstić information content (AvgIpc) is 3.31. The summed E-state index contributed by atoms with van der Waals surface area (Å²) >= 11 is 0. The minimum absolute atomic E-state index is 0.0652. The SMILES string of the molecule is CC(=O)c1ccc(S(=O)(=O)N2CCN(c3ccc4c(c3)CCN(C3CCCC3)CC4)CC2)cc1. The van der Waals surface area contributed by atoms with E-state index in [0.29, 0.717) is 31.7 Å². The van der Waals surface area contributed by atoms with Crippen LogP contribution >= 0.6 is 0 Å². The summed E-state index contributed by atoms with van der Waals surface area (Å²) in [5, 5.41) is 0. The van der Waals surface area contributed by atoms with Gasteiger partial charge < -0.3 is 4.90 Å². The molecule has 0 bridgehead atoms. The number of carbonyl (C=O) groups is 1. The van der Waals surface area contributed by atoms with Crippen LogP contribution in [0.4, 0.5) is 5.69 Å². The van der Waals surface area contributed by atoms with Crippen molar-refractivity contribution in [3.63, 3.8) is 0 Å². The second-order valence-corrected chi connectivity index (χ2v) is 11.8. The van der Waals surface area contributed by atoms with Gasteiger partial charge in [-0.3, -0.25) is 9.69 Å². The molecule has 0 atom stereocenters. The minimum Gasteiger partial charge on any atom is -0.369 e. The van der Waals surface area contributed by atoms with Crippen LogP contribution in [0.3, 0.4) is 0 Å². The van der Waals surface area contributed by atoms with Crippen LogP contribution in [0.2, 0.25) is 0 Å². The van der Waals surface area contributed by atoms with Crippen LogP contribution < -0.4 is 4.90 Å². The van der Waals surface area contributed by atoms with Crippen LogP contribution in [0.1, 0.15) is 54.1 Å². The van der Waals surface area contributed by atoms with Crippen molar-refractivity contribution in [3.05, 3.63) is 59.2 Å². The topological polar surface area (TPSA) is 60.9 Å². The Bertz CT molecular complexity index is 1130. The average molecular weight is 482 g/mol. The van der Waals surface area contributed by atoms with Gasteiger partial charge in [-0.25, -0.2) is 8.42 Å². The maximum absolute atomic E-state index is 13.1. The fourth-order valence-electron chi connectivity index (χ4n) is 5.76. The van der Waals surface area contributed by atoms with E-state index >= 15 is 0 Å². The first-order valence-corrected chi connectivity index (χ1v) is 14.1. The van der Waals surface area contributed by atoms with E-state index in [1.807, 2.05) is 0 Å². The van der Waals surface area contributed by atoms with Crippen molar-refractivity contribution in [2.24, 2.45) is 0 Å². The van der Waals surface area contributed by atoms with E-state index in [-0.39, 0.29) is 10.7 Å². The number of benzene rings is 2. The number of ketones is 1. The van der Waals surface area contributed by atoms with Crippen LogP contribution in [0, 0.1) is 0 Å². The highest BCUT2D eigenvalue weighted by Crippen LogP contribution is 2.29. The maximum atomic E-state index is 13.1. The molecule has 34 heavy (non-hydrogen) atoms. The van der Waals surface area contributed by atoms with Gasteiger partial charge in [0.15, 0.2) is 5.78 Å². The summed E-state index contributed by atoms with van der Waals surface area (Å²) in [6.45, 7) is 6.08. The second kappa shape index (κ2) is 9.80. The minimum atomic E-state index is -3.55. The zero-order valence-corrected chi connectivity index (χ0v) is 20.9. The van der Waals surface area contributed by atoms with Crippen LogP contribution in [-0.2, 0) is 22.9 Å². The summed E-state index contributed by atoms with van der Waals surface area (Å²) < 4.78 is 27.8. The highest BCUT2D eigenvalue weighted by Gasteiger charge is 2.29. The molecule has 0 aromatic heterocycles. The lowest BCUT2D eigenvalue weighted by Gasteiger charge is -2.35. The molecule has 2 aliphatic heterocycles. The van der Waals surface area contributed by atoms with Crippen molar-refractivity contribution in [1.82, 2.24) is 9.21 Å². The van der Waals surface area contributed by atoms with Gasteiger partial charge in [0.1, 0.15) is 0 Å². The van der Waals surface area contributed by atoms with E-state index in [9.17, 15) is 13.2 Å². The quantitative estimate of drug-likeness (QED) is 0.609. The second-order valence-electron chi connectivity index (χ2n) is 9.90. The number of sulfonamides is 1. The molecule has 1 aliphatic carbocycles. The van der Waals surface area contributed by atoms with Crippen LogP contribution in [0.5, 0.6) is 0 Å². The summed E-state index contributed by atoms with van der Waals surface area (Å²) in [4.78, 5) is 16.8. The Balaban J connectivity index is 1.22. The highest BCUT2D eigenvalue weighted by atomic mass is 32.2. The molecular weight excluding hydrogens is 446 g/mol. The molecule has 5 rings (SSSR count). The third-order valence-corrected chi connectivity index (χ3v) is 9.78. The molecule has 2 heterocycles. The Kier molecular flexibility index (Phi) is 6.78. The van der Waals surface area contributed by atoms with Crippen LogP contribution in [0.15, 0.2) is 47.4 Å². The van der Waals surface area contributed by atoms with Crippen molar-refractivity contribution in [2.75, 3.05) is 44.2 Å². The number of hydrogen-bond donors (Lipinski definition) is 0. The first-order valence-electron chi connectivity index (χ1n) is 12.6. The monoisotopic (exact) mass is 481 g/mol. The zero-order valence-electron chi connectivity index (χ0n) is 20.1. The van der Waals surface area contributed by atoms with Gasteiger partial charge >= 0.3 is 0 Å². The first kappa shape index (κ1) is 23.5. The van der Waals surface area contributed by atoms with Gasteiger partial charge in [0.25, 0.3) is 0 Å². The van der Waals surface area contributed by atoms with Gasteiger partial charge in [-0.05, 0) is 68.0 Å². The largest absolute Gasteiger partial charge is 0.369 e. The van der Waals surface area contributed by atoms with Gasteiger partial charge in [-0.2, -0.15) is 4.31 Å². The van der Waals surface area contributed by atoms with Gasteiger partial charge in [0.2, 0.25) is 10.0 Å². The molecular formula is C27H35N3O3S. The molecule has 0 amide bonds. The molecule has 182 valence electrons. The molecule has 2 aromatic carbocycles. The molecule has 7 heteroatoms. The molecule has 0 unspecified atom stereocenters. The van der Waals surface area contributed by atoms with E-state index in [1.165, 1.54) is 56.0 Å². The Morgan fingerprint density at radius 2 is 1.47 bits per heavy atom. The van der Waals surface area contributed by atoms with Crippen molar-refractivity contribution in [1.29, 1.82) is 0 Å². The first-order chi connectivity index (χ1) is 16.4. The van der Waals surface area contributed by atoms with E-state index < -0.39 is 10.0 Å². The van der Waals surface area contributed by atoms with Gasteiger partial charge in [0, 0.05) is 56.6 Å². The molecule has 0 N–H and O–H groups in total. The van der Waals surface area contributed by atoms with E-state index in [2.05, 4.69) is 28.0 Å². The highest BCUT2D eigenvalue weighted by molar-refractivity contribution is 7.89. The molecule has 1 saturated carbocycles. The van der Waals surface area contributed by atoms with Crippen molar-refractivity contribution < 1.29 is 13.2 Å². The number of hydrogen-bond acceptors (Lipinski definition) is 5. The summed E-state index contributed by atoms with van der Waals surface area (Å²) in [6.07, 6.45) is 7.70. The van der Waals surface area contributed by atoms with E-state index in [4.69, 9.17) is 0 Å². The molecule has 0 radical (unpaired) electrons. The molecule has 6 nitrogen and oxygen atoms in total. The number of rotatable bonds is 5. The maximum Gasteiger partial charge on any atom is 0.243 e. The number of piperazine rings is 1. The Labute approximate surface area is 203 Å². The molecule has 2 fully saturated rings. The number of anilines is 1. The number of Topliss-reactive ketones (excluding diaryl/α,β-unsaturated/α-hetero) is 1. The van der Waals surface area contributed by atoms with Crippen molar-refractivity contribution in [3.8, 4) is 0 Å². The van der Waals surface area contributed by atoms with Crippen LogP contribution in [-0.4, -0.2) is 68.7 Å². The zero-order chi connectivity index (χ0) is 23.7. The predicted octanol–water partition coefficient (Wildman–Crippen LogP) is 3.74. The number of carbonyl (C=O) groups excluding carboxylic acids is 1. The normalized spacial score (nSPS) is 20.8. The fraction of sp³-hybridized carbons (Fsp3) is 0.519. The molecule has 0 spiro atoms. The lowest BCUT2D eigenvalue weighted by Crippen LogP contribution is -2.48. The summed E-state index contributed by atoms with van der Waals surface area (Å²) in [6, 6.07) is 13.9. The Morgan fingerprint density at radius 1 is 0.824 bits per heavy atom. The number of fused-ring (bicyclic) bond motifs is 1. The third kappa shape index (κ3) is 4.79. The smallest absolute Gasteiger partial charge is 0.243 e. The molecule has 1 saturated heterocycles. The van der Waals surface area contributed by atoms with Gasteiger partial charge in [0.05, 0.1) is 4.90 Å². The lowest BCUT2D eigenvalue weighted by atomic mass is 10.0. The number of nitrogens with zero attached hydrogens (tertiary/aromatic N) is 3. The third-order valence-electron chi connectivity index (χ3n) is 7.87. The summed E-state index contributed by atoms with van der Waals surface area (Å²) in [7, 11) is -3.55. The Hall–Kier alpha value is -2.22. The summed E-state index contributed by atoms with van der Waals surface area (Å²) in [5.74, 6) is -0.0652. The standard InChI is InChI=1S/C27H35N3O3S/c1-21(31)22-7-10-27(11-8-22)34(32,33)30-18-16-29(17-19-30)26-9-6-23-12-14-28(15-13-24(23)20-26)25-4-2-3-5-25/h6-11,20,25H,2-5,12-19H2,1H3. The van der Waals surface area contributed by atoms with Crippen molar-refractivity contribution >= 4 is 21.5 Å². The Morgan fingerprint density at radius 3 is 2.12 bits per heavy atom. The van der Waals surface area contributed by atoms with E-state index in [0.717, 1.165) is 25.4 Å². The summed E-state index contributed by atoms with van der Waals surface area (Å²) in [5.41, 5.74) is 4.66. The fourth-order valence-corrected chi connectivity index (χ4v) is 7.18. The predicted molar refractivity (Wildman–Crippen MR) is 135 cm³/mol.